The van der Waals surface area contributed by atoms with Gasteiger partial charge in [0.25, 0.3) is 0 Å². The first-order valence-electron chi connectivity index (χ1n) is 6.71. The van der Waals surface area contributed by atoms with Gasteiger partial charge in [0.1, 0.15) is 13.2 Å². The Hall–Kier alpha value is -0.520. The van der Waals surface area contributed by atoms with Gasteiger partial charge in [0.15, 0.2) is 11.5 Å². The summed E-state index contributed by atoms with van der Waals surface area (Å²) in [5, 5.41) is 4.30. The average Bonchev–Trinajstić information content (AvgIpc) is 2.49. The van der Waals surface area contributed by atoms with Crippen molar-refractivity contribution in [3.8, 4) is 11.5 Å². The lowest BCUT2D eigenvalue weighted by atomic mass is 10.1. The van der Waals surface area contributed by atoms with Crippen molar-refractivity contribution in [2.45, 2.75) is 11.8 Å². The lowest BCUT2D eigenvalue weighted by Gasteiger charge is -2.23. The predicted octanol–water partition coefficient (Wildman–Crippen LogP) is 2.40. The van der Waals surface area contributed by atoms with E-state index < -0.39 is 0 Å². The second-order valence-corrected chi connectivity index (χ2v) is 7.20. The molecular weight excluding hydrogens is 278 g/mol. The fourth-order valence-electron chi connectivity index (χ4n) is 2.30. The monoisotopic (exact) mass is 297 g/mol. The zero-order chi connectivity index (χ0) is 12.9. The van der Waals surface area contributed by atoms with Gasteiger partial charge < -0.3 is 14.8 Å². The summed E-state index contributed by atoms with van der Waals surface area (Å²) in [6, 6.07) is 6.13. The molecule has 1 unspecified atom stereocenters. The highest BCUT2D eigenvalue weighted by atomic mass is 32.2. The van der Waals surface area contributed by atoms with Crippen molar-refractivity contribution >= 4 is 23.5 Å². The molecule has 3 nitrogen and oxygen atoms in total. The van der Waals surface area contributed by atoms with Crippen LogP contribution in [0.25, 0.3) is 0 Å². The molecule has 1 saturated heterocycles. The fraction of sp³-hybridized carbons (Fsp3) is 0.571. The van der Waals surface area contributed by atoms with Crippen molar-refractivity contribution in [1.29, 1.82) is 0 Å². The molecule has 0 aromatic heterocycles. The highest BCUT2D eigenvalue weighted by Crippen LogP contribution is 2.33. The number of para-hydroxylation sites is 1. The Kier molecular flexibility index (Phi) is 4.80. The first-order valence-corrected chi connectivity index (χ1v) is 8.91. The molecule has 5 heteroatoms. The zero-order valence-electron chi connectivity index (χ0n) is 10.9. The van der Waals surface area contributed by atoms with Crippen LogP contribution >= 0.6 is 23.5 Å². The van der Waals surface area contributed by atoms with E-state index in [1.807, 2.05) is 12.1 Å². The Morgan fingerprint density at radius 1 is 1.21 bits per heavy atom. The second-order valence-electron chi connectivity index (χ2n) is 4.64. The molecule has 0 aliphatic carbocycles. The third-order valence-corrected chi connectivity index (χ3v) is 6.07. The molecule has 1 atom stereocenters. The van der Waals surface area contributed by atoms with Crippen molar-refractivity contribution in [2.75, 3.05) is 37.0 Å². The van der Waals surface area contributed by atoms with Crippen LogP contribution in [0.2, 0.25) is 0 Å². The van der Waals surface area contributed by atoms with Crippen molar-refractivity contribution < 1.29 is 9.47 Å². The van der Waals surface area contributed by atoms with E-state index >= 15 is 0 Å². The van der Waals surface area contributed by atoms with Gasteiger partial charge in [0.05, 0.1) is 0 Å². The summed E-state index contributed by atoms with van der Waals surface area (Å²) in [4.78, 5) is 0. The molecule has 2 heterocycles. The Morgan fingerprint density at radius 2 is 2.16 bits per heavy atom. The normalized spacial score (nSPS) is 22.2. The number of ether oxygens (including phenoxy) is 2. The van der Waals surface area contributed by atoms with E-state index in [4.69, 9.17) is 9.47 Å². The van der Waals surface area contributed by atoms with Gasteiger partial charge in [-0.1, -0.05) is 12.1 Å². The minimum atomic E-state index is 0.652. The summed E-state index contributed by atoms with van der Waals surface area (Å²) in [6.07, 6.45) is 0. The molecular formula is C14H19NO2S2. The number of thioether (sulfide) groups is 2. The van der Waals surface area contributed by atoms with Crippen molar-refractivity contribution in [2.24, 2.45) is 0 Å². The summed E-state index contributed by atoms with van der Waals surface area (Å²) < 4.78 is 11.3. The van der Waals surface area contributed by atoms with Crippen LogP contribution in [0.4, 0.5) is 0 Å². The summed E-state index contributed by atoms with van der Waals surface area (Å²) >= 11 is 4.15. The third-order valence-electron chi connectivity index (χ3n) is 3.22. The molecule has 104 valence electrons. The number of hydrogen-bond acceptors (Lipinski definition) is 5. The van der Waals surface area contributed by atoms with E-state index in [2.05, 4.69) is 34.9 Å². The topological polar surface area (TPSA) is 30.5 Å². The average molecular weight is 297 g/mol. The largest absolute Gasteiger partial charge is 0.486 e. The van der Waals surface area contributed by atoms with E-state index in [0.717, 1.165) is 29.8 Å². The molecule has 0 bridgehead atoms. The summed E-state index contributed by atoms with van der Waals surface area (Å²) in [5.41, 5.74) is 1.20. The maximum absolute atomic E-state index is 5.72. The van der Waals surface area contributed by atoms with Crippen molar-refractivity contribution in [3.63, 3.8) is 0 Å². The minimum Gasteiger partial charge on any atom is -0.486 e. The van der Waals surface area contributed by atoms with Gasteiger partial charge in [-0.3, -0.25) is 0 Å². The van der Waals surface area contributed by atoms with Gasteiger partial charge in [-0.2, -0.15) is 23.5 Å². The molecule has 1 fully saturated rings. The van der Waals surface area contributed by atoms with Gasteiger partial charge >= 0.3 is 0 Å². The molecule has 2 aliphatic heterocycles. The number of nitrogens with one attached hydrogen (secondary N) is 1. The fourth-order valence-corrected chi connectivity index (χ4v) is 4.94. The van der Waals surface area contributed by atoms with Gasteiger partial charge in [-0.15, -0.1) is 0 Å². The SMILES string of the molecule is c1cc(CNCC2CSCCS2)c2c(c1)OCCO2. The van der Waals surface area contributed by atoms with Crippen LogP contribution in [0.15, 0.2) is 18.2 Å². The first-order chi connectivity index (χ1) is 9.43. The number of fused-ring (bicyclic) bond motifs is 1. The second kappa shape index (κ2) is 6.77. The molecule has 0 amide bonds. The van der Waals surface area contributed by atoms with Crippen LogP contribution in [-0.4, -0.2) is 42.3 Å². The number of hydrogen-bond donors (Lipinski definition) is 1. The maximum Gasteiger partial charge on any atom is 0.165 e. The van der Waals surface area contributed by atoms with Crippen LogP contribution in [0.1, 0.15) is 5.56 Å². The molecule has 2 aliphatic rings. The van der Waals surface area contributed by atoms with E-state index in [0.29, 0.717) is 13.2 Å². The Bertz CT molecular complexity index is 422. The molecule has 3 rings (SSSR count). The first kappa shape index (κ1) is 13.5. The van der Waals surface area contributed by atoms with Crippen LogP contribution in [0, 0.1) is 0 Å². The van der Waals surface area contributed by atoms with Gasteiger partial charge in [-0.25, -0.2) is 0 Å². The minimum absolute atomic E-state index is 0.652. The van der Waals surface area contributed by atoms with Crippen molar-refractivity contribution in [3.05, 3.63) is 23.8 Å². The van der Waals surface area contributed by atoms with E-state index in [1.54, 1.807) is 0 Å². The van der Waals surface area contributed by atoms with Crippen LogP contribution in [-0.2, 0) is 6.54 Å². The Labute approximate surface area is 122 Å². The molecule has 0 radical (unpaired) electrons. The lowest BCUT2D eigenvalue weighted by Crippen LogP contribution is -2.29. The van der Waals surface area contributed by atoms with E-state index in [1.165, 1.54) is 22.8 Å². The number of rotatable bonds is 4. The van der Waals surface area contributed by atoms with E-state index in [-0.39, 0.29) is 0 Å². The molecule has 1 aromatic carbocycles. The quantitative estimate of drug-likeness (QED) is 0.922. The highest BCUT2D eigenvalue weighted by molar-refractivity contribution is 8.06. The summed E-state index contributed by atoms with van der Waals surface area (Å²) in [6.45, 7) is 3.23. The van der Waals surface area contributed by atoms with Crippen LogP contribution in [0.5, 0.6) is 11.5 Å². The van der Waals surface area contributed by atoms with E-state index in [9.17, 15) is 0 Å². The molecule has 1 N–H and O–H groups in total. The standard InChI is InChI=1S/C14H19NO2S2/c1-2-11(14-13(3-1)16-4-5-17-14)8-15-9-12-10-18-6-7-19-12/h1-3,12,15H,4-10H2. The Morgan fingerprint density at radius 3 is 3.05 bits per heavy atom. The summed E-state index contributed by atoms with van der Waals surface area (Å²) in [7, 11) is 0. The maximum atomic E-state index is 5.72. The third kappa shape index (κ3) is 3.52. The smallest absolute Gasteiger partial charge is 0.165 e. The van der Waals surface area contributed by atoms with Crippen LogP contribution < -0.4 is 14.8 Å². The van der Waals surface area contributed by atoms with Crippen LogP contribution in [0.3, 0.4) is 0 Å². The molecule has 19 heavy (non-hydrogen) atoms. The van der Waals surface area contributed by atoms with Crippen molar-refractivity contribution in [1.82, 2.24) is 5.32 Å². The lowest BCUT2D eigenvalue weighted by molar-refractivity contribution is 0.169. The summed E-state index contributed by atoms with van der Waals surface area (Å²) in [5.74, 6) is 5.66. The van der Waals surface area contributed by atoms with Gasteiger partial charge in [0, 0.05) is 41.2 Å². The molecule has 1 aromatic rings. The zero-order valence-corrected chi connectivity index (χ0v) is 12.5. The Balaban J connectivity index is 1.54. The van der Waals surface area contributed by atoms with Gasteiger partial charge in [-0.05, 0) is 6.07 Å². The molecule has 0 spiro atoms. The molecule has 0 saturated carbocycles. The highest BCUT2D eigenvalue weighted by Gasteiger charge is 2.17. The number of benzene rings is 1. The predicted molar refractivity (Wildman–Crippen MR) is 82.7 cm³/mol. The van der Waals surface area contributed by atoms with Gasteiger partial charge in [0.2, 0.25) is 0 Å².